The van der Waals surface area contributed by atoms with Crippen LogP contribution in [0.25, 0.3) is 0 Å². The summed E-state index contributed by atoms with van der Waals surface area (Å²) in [5.41, 5.74) is -0.414. The minimum Gasteiger partial charge on any atom is -0.447 e. The molecule has 0 fully saturated rings. The number of nitrogens with one attached hydrogen (secondary N) is 1. The Hall–Kier alpha value is -0.890. The highest BCUT2D eigenvalue weighted by Crippen LogP contribution is 2.18. The summed E-state index contributed by atoms with van der Waals surface area (Å²) in [4.78, 5) is 12.5. The molecular weight excluding hydrogens is 735 g/mol. The summed E-state index contributed by atoms with van der Waals surface area (Å²) in [7, 11) is 0. The maximum atomic E-state index is 12.5. The highest BCUT2D eigenvalue weighted by atomic mass is 16.6. The summed E-state index contributed by atoms with van der Waals surface area (Å²) >= 11 is 0. The zero-order valence-corrected chi connectivity index (χ0v) is 41.0. The second kappa shape index (κ2) is 43.7. The Morgan fingerprint density at radius 2 is 0.831 bits per heavy atom. The molecule has 0 spiro atoms. The third-order valence-corrected chi connectivity index (χ3v) is 11.5. The summed E-state index contributed by atoms with van der Waals surface area (Å²) in [6.07, 6.45) is 44.4. The van der Waals surface area contributed by atoms with E-state index in [2.05, 4.69) is 53.8 Å². The van der Waals surface area contributed by atoms with Gasteiger partial charge in [0.2, 0.25) is 0 Å². The van der Waals surface area contributed by atoms with Crippen LogP contribution in [0.15, 0.2) is 0 Å². The summed E-state index contributed by atoms with van der Waals surface area (Å²) in [5.74, 6) is 0. The molecule has 1 atom stereocenters. The van der Waals surface area contributed by atoms with Gasteiger partial charge in [-0.1, -0.05) is 206 Å². The lowest BCUT2D eigenvalue weighted by molar-refractivity contribution is -0.0668. The fraction of sp³-hybridized carbons (Fsp3) is 0.981. The van der Waals surface area contributed by atoms with Gasteiger partial charge in [-0.15, -0.1) is 0 Å². The van der Waals surface area contributed by atoms with Crippen molar-refractivity contribution in [1.82, 2.24) is 5.32 Å². The maximum Gasteiger partial charge on any atom is 0.407 e. The molecule has 0 saturated heterocycles. The Morgan fingerprint density at radius 3 is 1.24 bits per heavy atom. The van der Waals surface area contributed by atoms with Crippen LogP contribution >= 0.6 is 0 Å². The Balaban J connectivity index is 4.20. The zero-order valence-electron chi connectivity index (χ0n) is 41.0. The van der Waals surface area contributed by atoms with Gasteiger partial charge in [0.1, 0.15) is 12.7 Å². The molecular formula is C52H105NO6. The van der Waals surface area contributed by atoms with Crippen molar-refractivity contribution < 1.29 is 28.5 Å². The number of ether oxygens (including phenoxy) is 5. The third kappa shape index (κ3) is 48.0. The SMILES string of the molecule is CCCCCCCCCCCCCCCCCCOCC(COC(=O)NCCCOC(C)(C)CCOC(C)(C)C)OCCCCCCCCCCCCCCCCCC. The van der Waals surface area contributed by atoms with Crippen molar-refractivity contribution in [3.8, 4) is 0 Å². The van der Waals surface area contributed by atoms with Gasteiger partial charge in [0.15, 0.2) is 0 Å². The Labute approximate surface area is 369 Å². The topological polar surface area (TPSA) is 75.3 Å². The highest BCUT2D eigenvalue weighted by molar-refractivity contribution is 5.67. The number of alkyl carbamates (subject to hydrolysis) is 1. The van der Waals surface area contributed by atoms with Crippen molar-refractivity contribution in [2.45, 2.75) is 284 Å². The van der Waals surface area contributed by atoms with E-state index in [4.69, 9.17) is 23.7 Å². The number of hydrogen-bond acceptors (Lipinski definition) is 6. The van der Waals surface area contributed by atoms with E-state index in [1.807, 2.05) is 0 Å². The van der Waals surface area contributed by atoms with Gasteiger partial charge in [-0.25, -0.2) is 4.79 Å². The number of rotatable bonds is 47. The molecule has 0 aromatic heterocycles. The van der Waals surface area contributed by atoms with E-state index in [0.29, 0.717) is 33.0 Å². The van der Waals surface area contributed by atoms with Gasteiger partial charge in [-0.2, -0.15) is 0 Å². The molecule has 7 nitrogen and oxygen atoms in total. The predicted molar refractivity (Wildman–Crippen MR) is 254 cm³/mol. The van der Waals surface area contributed by atoms with E-state index in [9.17, 15) is 4.79 Å². The molecule has 0 bridgehead atoms. The van der Waals surface area contributed by atoms with Crippen molar-refractivity contribution in [2.24, 2.45) is 0 Å². The predicted octanol–water partition coefficient (Wildman–Crippen LogP) is 16.0. The molecule has 7 heteroatoms. The zero-order chi connectivity index (χ0) is 43.4. The van der Waals surface area contributed by atoms with Gasteiger partial charge in [0.05, 0.1) is 17.8 Å². The van der Waals surface area contributed by atoms with Gasteiger partial charge < -0.3 is 29.0 Å². The molecule has 1 amide bonds. The van der Waals surface area contributed by atoms with Crippen molar-refractivity contribution in [3.63, 3.8) is 0 Å². The summed E-state index contributed by atoms with van der Waals surface area (Å²) < 4.78 is 29.8. The number of unbranched alkanes of at least 4 members (excludes halogenated alkanes) is 30. The van der Waals surface area contributed by atoms with E-state index < -0.39 is 6.09 Å². The van der Waals surface area contributed by atoms with Crippen LogP contribution in [0.5, 0.6) is 0 Å². The number of hydrogen-bond donors (Lipinski definition) is 1. The third-order valence-electron chi connectivity index (χ3n) is 11.5. The Kier molecular flexibility index (Phi) is 43.1. The van der Waals surface area contributed by atoms with Crippen molar-refractivity contribution in [3.05, 3.63) is 0 Å². The maximum absolute atomic E-state index is 12.5. The van der Waals surface area contributed by atoms with E-state index >= 15 is 0 Å². The quantitative estimate of drug-likeness (QED) is 0.0615. The van der Waals surface area contributed by atoms with E-state index in [0.717, 1.165) is 32.3 Å². The number of carbonyl (C=O) groups is 1. The fourth-order valence-electron chi connectivity index (χ4n) is 7.52. The smallest absolute Gasteiger partial charge is 0.407 e. The summed E-state index contributed by atoms with van der Waals surface area (Å²) in [5, 5.41) is 2.88. The number of carbonyl (C=O) groups excluding carboxylic acids is 1. The summed E-state index contributed by atoms with van der Waals surface area (Å²) in [6, 6.07) is 0. The molecule has 0 radical (unpaired) electrons. The molecule has 1 N–H and O–H groups in total. The van der Waals surface area contributed by atoms with Crippen molar-refractivity contribution in [2.75, 3.05) is 46.2 Å². The van der Waals surface area contributed by atoms with Gasteiger partial charge in [-0.3, -0.25) is 0 Å². The molecule has 0 aliphatic rings. The molecule has 0 aliphatic heterocycles. The monoisotopic (exact) mass is 840 g/mol. The second-order valence-electron chi connectivity index (χ2n) is 19.4. The largest absolute Gasteiger partial charge is 0.447 e. The van der Waals surface area contributed by atoms with Crippen LogP contribution in [0.3, 0.4) is 0 Å². The molecule has 0 aliphatic carbocycles. The minimum absolute atomic E-state index is 0.145. The molecule has 354 valence electrons. The first-order chi connectivity index (χ1) is 28.6. The first-order valence-electron chi connectivity index (χ1n) is 26.0. The first kappa shape index (κ1) is 58.1. The van der Waals surface area contributed by atoms with E-state index in [1.165, 1.54) is 193 Å². The molecule has 0 rings (SSSR count). The first-order valence-corrected chi connectivity index (χ1v) is 26.0. The van der Waals surface area contributed by atoms with E-state index in [-0.39, 0.29) is 23.9 Å². The Morgan fingerprint density at radius 1 is 0.441 bits per heavy atom. The molecule has 0 saturated carbocycles. The van der Waals surface area contributed by atoms with Crippen LogP contribution in [0.1, 0.15) is 267 Å². The normalized spacial score (nSPS) is 12.7. The molecule has 0 aromatic carbocycles. The van der Waals surface area contributed by atoms with Crippen molar-refractivity contribution in [1.29, 1.82) is 0 Å². The fourth-order valence-corrected chi connectivity index (χ4v) is 7.52. The van der Waals surface area contributed by atoms with Crippen LogP contribution in [0.2, 0.25) is 0 Å². The van der Waals surface area contributed by atoms with Gasteiger partial charge in [-0.05, 0) is 60.3 Å². The lowest BCUT2D eigenvalue weighted by Crippen LogP contribution is -2.33. The van der Waals surface area contributed by atoms with Crippen LogP contribution in [0.4, 0.5) is 4.79 Å². The van der Waals surface area contributed by atoms with Crippen LogP contribution in [-0.4, -0.2) is 69.6 Å². The van der Waals surface area contributed by atoms with Crippen LogP contribution in [0, 0.1) is 0 Å². The molecule has 0 aromatic rings. The average Bonchev–Trinajstić information content (AvgIpc) is 3.19. The van der Waals surface area contributed by atoms with Gasteiger partial charge in [0.25, 0.3) is 0 Å². The average molecular weight is 840 g/mol. The van der Waals surface area contributed by atoms with Gasteiger partial charge >= 0.3 is 6.09 Å². The summed E-state index contributed by atoms with van der Waals surface area (Å²) in [6.45, 7) is 18.8. The molecule has 0 heterocycles. The number of amides is 1. The Bertz CT molecular complexity index is 846. The van der Waals surface area contributed by atoms with E-state index in [1.54, 1.807) is 0 Å². The van der Waals surface area contributed by atoms with Crippen LogP contribution in [-0.2, 0) is 23.7 Å². The second-order valence-corrected chi connectivity index (χ2v) is 19.4. The van der Waals surface area contributed by atoms with Gasteiger partial charge in [0, 0.05) is 33.0 Å². The highest BCUT2D eigenvalue weighted by Gasteiger charge is 2.20. The lowest BCUT2D eigenvalue weighted by atomic mass is 10.0. The molecule has 59 heavy (non-hydrogen) atoms. The molecule has 1 unspecified atom stereocenters. The van der Waals surface area contributed by atoms with Crippen molar-refractivity contribution >= 4 is 6.09 Å². The van der Waals surface area contributed by atoms with Crippen LogP contribution < -0.4 is 5.32 Å². The minimum atomic E-state index is -0.406. The lowest BCUT2D eigenvalue weighted by Gasteiger charge is -2.28. The standard InChI is InChI=1S/C52H105NO6/c1-8-10-12-14-16-18-20-22-24-26-28-30-32-34-36-38-43-55-47-49(48-57-50(54)53-42-40-45-59-52(6,7)41-46-58-51(3,4)5)56-44-39-37-35-33-31-29-27-25-23-21-19-17-15-13-11-9-2/h49H,8-48H2,1-7H3,(H,53,54).